The average Bonchev–Trinajstić information content (AvgIpc) is 2.99. The summed E-state index contributed by atoms with van der Waals surface area (Å²) in [5.74, 6) is 1.19. The first-order chi connectivity index (χ1) is 13.6. The number of nitrogens with two attached hydrogens (primary N) is 1. The van der Waals surface area contributed by atoms with E-state index < -0.39 is 0 Å². The van der Waals surface area contributed by atoms with Gasteiger partial charge in [-0.2, -0.15) is 0 Å². The molecule has 0 bridgehead atoms. The zero-order valence-corrected chi connectivity index (χ0v) is 17.6. The fourth-order valence-electron chi connectivity index (χ4n) is 4.65. The highest BCUT2D eigenvalue weighted by molar-refractivity contribution is 6.02. The third kappa shape index (κ3) is 4.26. The quantitative estimate of drug-likeness (QED) is 0.656. The monoisotopic (exact) mass is 382 g/mol. The van der Waals surface area contributed by atoms with E-state index >= 15 is 0 Å². The van der Waals surface area contributed by atoms with E-state index in [4.69, 9.17) is 10.5 Å². The SMILES string of the molecule is CCCCc1c(-c2ccc(OC)cc2)c(C(N)=O)c(C)n1CC1CCCCC1. The van der Waals surface area contributed by atoms with Crippen molar-refractivity contribution >= 4 is 5.91 Å². The molecule has 0 spiro atoms. The van der Waals surface area contributed by atoms with Crippen LogP contribution in [0, 0.1) is 12.8 Å². The third-order valence-corrected chi connectivity index (χ3v) is 6.19. The smallest absolute Gasteiger partial charge is 0.251 e. The minimum Gasteiger partial charge on any atom is -0.497 e. The van der Waals surface area contributed by atoms with Crippen molar-refractivity contribution in [3.63, 3.8) is 0 Å². The number of amides is 1. The minimum absolute atomic E-state index is 0.330. The van der Waals surface area contributed by atoms with E-state index in [2.05, 4.69) is 18.4 Å². The maximum Gasteiger partial charge on any atom is 0.251 e. The number of carbonyl (C=O) groups is 1. The van der Waals surface area contributed by atoms with E-state index in [1.54, 1.807) is 7.11 Å². The number of carbonyl (C=O) groups excluding carboxylic acids is 1. The highest BCUT2D eigenvalue weighted by Crippen LogP contribution is 2.36. The number of methoxy groups -OCH3 is 1. The van der Waals surface area contributed by atoms with Gasteiger partial charge in [0.25, 0.3) is 5.91 Å². The zero-order valence-electron chi connectivity index (χ0n) is 17.6. The number of primary amides is 1. The summed E-state index contributed by atoms with van der Waals surface area (Å²) in [6.45, 7) is 5.27. The Hall–Kier alpha value is -2.23. The van der Waals surface area contributed by atoms with Gasteiger partial charge in [-0.1, -0.05) is 44.7 Å². The Balaban J connectivity index is 2.10. The molecule has 1 fully saturated rings. The van der Waals surface area contributed by atoms with E-state index in [-0.39, 0.29) is 5.91 Å². The molecule has 1 aromatic carbocycles. The van der Waals surface area contributed by atoms with Crippen molar-refractivity contribution in [2.75, 3.05) is 7.11 Å². The lowest BCUT2D eigenvalue weighted by Gasteiger charge is -2.24. The largest absolute Gasteiger partial charge is 0.497 e. The number of hydrogen-bond acceptors (Lipinski definition) is 2. The summed E-state index contributed by atoms with van der Waals surface area (Å²) >= 11 is 0. The van der Waals surface area contributed by atoms with Gasteiger partial charge >= 0.3 is 0 Å². The standard InChI is InChI=1S/C24H34N2O2/c1-4-5-11-21-23(19-12-14-20(28-3)15-13-19)22(24(25)27)17(2)26(21)16-18-9-7-6-8-10-18/h12-15,18H,4-11,16H2,1-3H3,(H2,25,27). The Morgan fingerprint density at radius 1 is 1.18 bits per heavy atom. The summed E-state index contributed by atoms with van der Waals surface area (Å²) in [4.78, 5) is 12.5. The van der Waals surface area contributed by atoms with Crippen molar-refractivity contribution in [3.05, 3.63) is 41.2 Å². The number of ether oxygens (including phenoxy) is 1. The molecule has 152 valence electrons. The van der Waals surface area contributed by atoms with Gasteiger partial charge in [0.15, 0.2) is 0 Å². The predicted octanol–water partition coefficient (Wildman–Crippen LogP) is 5.49. The third-order valence-electron chi connectivity index (χ3n) is 6.19. The fraction of sp³-hybridized carbons (Fsp3) is 0.542. The van der Waals surface area contributed by atoms with Gasteiger partial charge in [-0.25, -0.2) is 0 Å². The summed E-state index contributed by atoms with van der Waals surface area (Å²) in [5.41, 5.74) is 10.9. The second-order valence-corrected chi connectivity index (χ2v) is 8.09. The first-order valence-electron chi connectivity index (χ1n) is 10.7. The summed E-state index contributed by atoms with van der Waals surface area (Å²) in [7, 11) is 1.67. The summed E-state index contributed by atoms with van der Waals surface area (Å²) in [6.07, 6.45) is 9.78. The molecule has 2 aromatic rings. The Bertz CT molecular complexity index is 799. The number of benzene rings is 1. The van der Waals surface area contributed by atoms with Crippen molar-refractivity contribution < 1.29 is 9.53 Å². The summed E-state index contributed by atoms with van der Waals surface area (Å²) < 4.78 is 7.72. The molecule has 0 radical (unpaired) electrons. The molecule has 0 unspecified atom stereocenters. The van der Waals surface area contributed by atoms with Crippen LogP contribution in [0.4, 0.5) is 0 Å². The number of aromatic nitrogens is 1. The van der Waals surface area contributed by atoms with E-state index in [1.807, 2.05) is 24.3 Å². The first-order valence-corrected chi connectivity index (χ1v) is 10.7. The Labute approximate surface area is 169 Å². The van der Waals surface area contributed by atoms with Crippen LogP contribution in [0.15, 0.2) is 24.3 Å². The summed E-state index contributed by atoms with van der Waals surface area (Å²) in [5, 5.41) is 0. The van der Waals surface area contributed by atoms with Gasteiger partial charge in [-0.3, -0.25) is 4.79 Å². The molecule has 3 rings (SSSR count). The van der Waals surface area contributed by atoms with Crippen molar-refractivity contribution in [1.82, 2.24) is 4.57 Å². The van der Waals surface area contributed by atoms with Crippen molar-refractivity contribution in [1.29, 1.82) is 0 Å². The lowest BCUT2D eigenvalue weighted by molar-refractivity contribution is 0.1000. The van der Waals surface area contributed by atoms with Crippen LogP contribution >= 0.6 is 0 Å². The van der Waals surface area contributed by atoms with Gasteiger partial charge in [0.05, 0.1) is 12.7 Å². The molecule has 0 atom stereocenters. The molecule has 0 aliphatic heterocycles. The zero-order chi connectivity index (χ0) is 20.1. The molecule has 4 heteroatoms. The van der Waals surface area contributed by atoms with Gasteiger partial charge in [-0.15, -0.1) is 0 Å². The molecule has 1 amide bonds. The van der Waals surface area contributed by atoms with Crippen LogP contribution in [0.3, 0.4) is 0 Å². The van der Waals surface area contributed by atoms with Crippen molar-refractivity contribution in [2.24, 2.45) is 11.7 Å². The molecule has 1 aliphatic rings. The van der Waals surface area contributed by atoms with Crippen molar-refractivity contribution in [3.8, 4) is 16.9 Å². The number of hydrogen-bond donors (Lipinski definition) is 1. The molecule has 1 aliphatic carbocycles. The van der Waals surface area contributed by atoms with Crippen LogP contribution in [-0.4, -0.2) is 17.6 Å². The summed E-state index contributed by atoms with van der Waals surface area (Å²) in [6, 6.07) is 8.00. The van der Waals surface area contributed by atoms with Gasteiger partial charge in [0, 0.05) is 23.5 Å². The molecular formula is C24H34N2O2. The van der Waals surface area contributed by atoms with Gasteiger partial charge < -0.3 is 15.0 Å². The molecule has 0 saturated heterocycles. The van der Waals surface area contributed by atoms with Crippen LogP contribution in [0.1, 0.15) is 73.6 Å². The first kappa shape index (κ1) is 20.5. The average molecular weight is 383 g/mol. The van der Waals surface area contributed by atoms with Crippen LogP contribution in [0.5, 0.6) is 5.75 Å². The van der Waals surface area contributed by atoms with Crippen LogP contribution in [0.25, 0.3) is 11.1 Å². The van der Waals surface area contributed by atoms with Gasteiger partial charge in [0.1, 0.15) is 5.75 Å². The van der Waals surface area contributed by atoms with E-state index in [1.165, 1.54) is 37.8 Å². The van der Waals surface area contributed by atoms with Crippen molar-refractivity contribution in [2.45, 2.75) is 71.8 Å². The highest BCUT2D eigenvalue weighted by Gasteiger charge is 2.26. The lowest BCUT2D eigenvalue weighted by Crippen LogP contribution is -2.18. The predicted molar refractivity (Wildman–Crippen MR) is 115 cm³/mol. The second kappa shape index (κ2) is 9.31. The van der Waals surface area contributed by atoms with E-state index in [9.17, 15) is 4.79 Å². The molecule has 28 heavy (non-hydrogen) atoms. The second-order valence-electron chi connectivity index (χ2n) is 8.09. The Morgan fingerprint density at radius 3 is 2.43 bits per heavy atom. The lowest BCUT2D eigenvalue weighted by atomic mass is 9.89. The maximum atomic E-state index is 12.5. The highest BCUT2D eigenvalue weighted by atomic mass is 16.5. The van der Waals surface area contributed by atoms with Crippen LogP contribution in [-0.2, 0) is 13.0 Å². The Morgan fingerprint density at radius 2 is 1.86 bits per heavy atom. The molecule has 2 N–H and O–H groups in total. The molecule has 1 saturated carbocycles. The fourth-order valence-corrected chi connectivity index (χ4v) is 4.65. The Kier molecular flexibility index (Phi) is 6.82. The van der Waals surface area contributed by atoms with Gasteiger partial charge in [-0.05, 0) is 56.2 Å². The van der Waals surface area contributed by atoms with Crippen LogP contribution < -0.4 is 10.5 Å². The topological polar surface area (TPSA) is 57.2 Å². The molecule has 4 nitrogen and oxygen atoms in total. The normalized spacial score (nSPS) is 15.0. The molecule has 1 aromatic heterocycles. The van der Waals surface area contributed by atoms with E-state index in [0.717, 1.165) is 48.4 Å². The minimum atomic E-state index is -0.330. The number of rotatable bonds is 8. The van der Waals surface area contributed by atoms with Crippen LogP contribution in [0.2, 0.25) is 0 Å². The van der Waals surface area contributed by atoms with E-state index in [0.29, 0.717) is 11.5 Å². The number of unbranched alkanes of at least 4 members (excludes halogenated alkanes) is 1. The number of nitrogens with zero attached hydrogens (tertiary/aromatic N) is 1. The maximum absolute atomic E-state index is 12.5. The molecule has 1 heterocycles. The molecular weight excluding hydrogens is 348 g/mol. The van der Waals surface area contributed by atoms with Gasteiger partial charge in [0.2, 0.25) is 0 Å².